The van der Waals surface area contributed by atoms with Crippen LogP contribution in [0.25, 0.3) is 0 Å². The van der Waals surface area contributed by atoms with Crippen LogP contribution in [0.3, 0.4) is 0 Å². The molecule has 96 valence electrons. The van der Waals surface area contributed by atoms with E-state index in [1.165, 1.54) is 25.7 Å². The van der Waals surface area contributed by atoms with Crippen LogP contribution in [0.2, 0.25) is 0 Å². The van der Waals surface area contributed by atoms with Crippen molar-refractivity contribution in [3.63, 3.8) is 0 Å². The van der Waals surface area contributed by atoms with Crippen LogP contribution in [0.5, 0.6) is 0 Å². The molecule has 0 saturated heterocycles. The van der Waals surface area contributed by atoms with Crippen LogP contribution >= 0.6 is 0 Å². The molecule has 1 aliphatic rings. The van der Waals surface area contributed by atoms with Gasteiger partial charge in [0.15, 0.2) is 0 Å². The summed E-state index contributed by atoms with van der Waals surface area (Å²) in [6.45, 7) is 11.2. The molecule has 0 aliphatic heterocycles. The van der Waals surface area contributed by atoms with E-state index < -0.39 is 0 Å². The van der Waals surface area contributed by atoms with E-state index in [1.54, 1.807) is 7.11 Å². The molecule has 1 saturated carbocycles. The van der Waals surface area contributed by atoms with E-state index >= 15 is 0 Å². The summed E-state index contributed by atoms with van der Waals surface area (Å²) in [7, 11) is 1.79. The maximum absolute atomic E-state index is 5.16. The molecule has 1 atom stereocenters. The molecule has 1 aliphatic carbocycles. The number of methoxy groups -OCH3 is 1. The molecule has 0 bridgehead atoms. The highest BCUT2D eigenvalue weighted by atomic mass is 16.5. The molecule has 1 N–H and O–H groups in total. The van der Waals surface area contributed by atoms with Crippen LogP contribution in [0, 0.1) is 11.3 Å². The molecule has 1 rings (SSSR count). The summed E-state index contributed by atoms with van der Waals surface area (Å²) < 4.78 is 5.16. The predicted molar refractivity (Wildman–Crippen MR) is 69.7 cm³/mol. The van der Waals surface area contributed by atoms with Gasteiger partial charge in [0.25, 0.3) is 0 Å². The molecular formula is C14H29NO. The lowest BCUT2D eigenvalue weighted by atomic mass is 9.80. The smallest absolute Gasteiger partial charge is 0.0462 e. The van der Waals surface area contributed by atoms with Crippen molar-refractivity contribution < 1.29 is 4.74 Å². The second-order valence-corrected chi connectivity index (χ2v) is 6.63. The Balaban J connectivity index is 2.38. The molecule has 0 aromatic rings. The number of nitrogens with one attached hydrogen (secondary N) is 1. The highest BCUT2D eigenvalue weighted by Gasteiger charge is 2.41. The summed E-state index contributed by atoms with van der Waals surface area (Å²) in [6.07, 6.45) is 5.33. The first-order valence-electron chi connectivity index (χ1n) is 6.61. The van der Waals surface area contributed by atoms with Gasteiger partial charge < -0.3 is 10.1 Å². The van der Waals surface area contributed by atoms with E-state index in [0.29, 0.717) is 5.41 Å². The highest BCUT2D eigenvalue weighted by Crippen LogP contribution is 2.48. The van der Waals surface area contributed by atoms with Crippen molar-refractivity contribution in [2.45, 2.75) is 58.9 Å². The van der Waals surface area contributed by atoms with E-state index in [2.05, 4.69) is 33.0 Å². The Morgan fingerprint density at radius 1 is 1.19 bits per heavy atom. The summed E-state index contributed by atoms with van der Waals surface area (Å²) in [5, 5.41) is 3.67. The van der Waals surface area contributed by atoms with Crippen LogP contribution in [-0.4, -0.2) is 25.8 Å². The van der Waals surface area contributed by atoms with Gasteiger partial charge in [0.2, 0.25) is 0 Å². The first-order valence-corrected chi connectivity index (χ1v) is 6.61. The van der Waals surface area contributed by atoms with Crippen LogP contribution in [-0.2, 0) is 4.74 Å². The van der Waals surface area contributed by atoms with Gasteiger partial charge in [-0.25, -0.2) is 0 Å². The SMILES string of the molecule is COCCCC(C)(CNC(C)(C)C)C1CC1. The van der Waals surface area contributed by atoms with Gasteiger partial charge in [0.05, 0.1) is 0 Å². The summed E-state index contributed by atoms with van der Waals surface area (Å²) >= 11 is 0. The van der Waals surface area contributed by atoms with Gasteiger partial charge in [0.1, 0.15) is 0 Å². The number of hydrogen-bond donors (Lipinski definition) is 1. The molecular weight excluding hydrogens is 198 g/mol. The average molecular weight is 227 g/mol. The van der Waals surface area contributed by atoms with Crippen molar-refractivity contribution in [2.24, 2.45) is 11.3 Å². The number of hydrogen-bond acceptors (Lipinski definition) is 2. The molecule has 0 radical (unpaired) electrons. The van der Waals surface area contributed by atoms with Gasteiger partial charge >= 0.3 is 0 Å². The Hall–Kier alpha value is -0.0800. The molecule has 0 spiro atoms. The Morgan fingerprint density at radius 3 is 2.25 bits per heavy atom. The molecule has 1 fully saturated rings. The number of rotatable bonds is 7. The van der Waals surface area contributed by atoms with Gasteiger partial charge in [-0.1, -0.05) is 6.92 Å². The lowest BCUT2D eigenvalue weighted by Gasteiger charge is -2.34. The molecule has 2 heteroatoms. The van der Waals surface area contributed by atoms with Crippen molar-refractivity contribution in [1.29, 1.82) is 0 Å². The fraction of sp³-hybridized carbons (Fsp3) is 1.00. The minimum absolute atomic E-state index is 0.234. The standard InChI is InChI=1S/C14H29NO/c1-13(2,3)15-11-14(4,12-7-8-12)9-6-10-16-5/h12,15H,6-11H2,1-5H3. The molecule has 0 aromatic carbocycles. The Labute approximate surface area is 101 Å². The third kappa shape index (κ3) is 4.84. The average Bonchev–Trinajstić information content (AvgIpc) is 2.97. The van der Waals surface area contributed by atoms with Crippen molar-refractivity contribution >= 4 is 0 Å². The van der Waals surface area contributed by atoms with Gasteiger partial charge in [-0.3, -0.25) is 0 Å². The first kappa shape index (κ1) is 14.0. The lowest BCUT2D eigenvalue weighted by molar-refractivity contribution is 0.153. The zero-order chi connectivity index (χ0) is 12.2. The summed E-state index contributed by atoms with van der Waals surface area (Å²) in [5.74, 6) is 0.944. The van der Waals surface area contributed by atoms with Crippen LogP contribution in [0.15, 0.2) is 0 Å². The van der Waals surface area contributed by atoms with Crippen LogP contribution in [0.4, 0.5) is 0 Å². The van der Waals surface area contributed by atoms with Crippen molar-refractivity contribution in [3.05, 3.63) is 0 Å². The van der Waals surface area contributed by atoms with E-state index in [4.69, 9.17) is 4.74 Å². The summed E-state index contributed by atoms with van der Waals surface area (Å²) in [5.41, 5.74) is 0.712. The fourth-order valence-corrected chi connectivity index (χ4v) is 2.30. The second-order valence-electron chi connectivity index (χ2n) is 6.63. The molecule has 2 nitrogen and oxygen atoms in total. The van der Waals surface area contributed by atoms with E-state index in [1.807, 2.05) is 0 Å². The maximum Gasteiger partial charge on any atom is 0.0462 e. The minimum atomic E-state index is 0.234. The predicted octanol–water partition coefficient (Wildman–Crippen LogP) is 3.22. The monoisotopic (exact) mass is 227 g/mol. The van der Waals surface area contributed by atoms with Gasteiger partial charge in [0, 0.05) is 25.8 Å². The Bertz CT molecular complexity index is 205. The summed E-state index contributed by atoms with van der Waals surface area (Å²) in [4.78, 5) is 0. The van der Waals surface area contributed by atoms with E-state index in [-0.39, 0.29) is 5.54 Å². The van der Waals surface area contributed by atoms with Crippen LogP contribution < -0.4 is 5.32 Å². The third-order valence-corrected chi connectivity index (χ3v) is 3.68. The van der Waals surface area contributed by atoms with Gasteiger partial charge in [-0.15, -0.1) is 0 Å². The molecule has 1 unspecified atom stereocenters. The third-order valence-electron chi connectivity index (χ3n) is 3.68. The quantitative estimate of drug-likeness (QED) is 0.674. The topological polar surface area (TPSA) is 21.3 Å². The summed E-state index contributed by atoms with van der Waals surface area (Å²) in [6, 6.07) is 0. The lowest BCUT2D eigenvalue weighted by Crippen LogP contribution is -2.43. The maximum atomic E-state index is 5.16. The Morgan fingerprint density at radius 2 is 1.81 bits per heavy atom. The van der Waals surface area contributed by atoms with Gasteiger partial charge in [-0.05, 0) is 57.8 Å². The molecule has 0 amide bonds. The van der Waals surface area contributed by atoms with Crippen LogP contribution in [0.1, 0.15) is 53.4 Å². The van der Waals surface area contributed by atoms with Crippen molar-refractivity contribution in [3.8, 4) is 0 Å². The molecule has 16 heavy (non-hydrogen) atoms. The second kappa shape index (κ2) is 5.50. The van der Waals surface area contributed by atoms with E-state index in [9.17, 15) is 0 Å². The molecule has 0 aromatic heterocycles. The van der Waals surface area contributed by atoms with E-state index in [0.717, 1.165) is 19.1 Å². The van der Waals surface area contributed by atoms with Crippen molar-refractivity contribution in [2.75, 3.05) is 20.3 Å². The molecule has 0 heterocycles. The van der Waals surface area contributed by atoms with Crippen molar-refractivity contribution in [1.82, 2.24) is 5.32 Å². The first-order chi connectivity index (χ1) is 7.37. The largest absolute Gasteiger partial charge is 0.385 e. The zero-order valence-electron chi connectivity index (χ0n) is 11.7. The minimum Gasteiger partial charge on any atom is -0.385 e. The fourth-order valence-electron chi connectivity index (χ4n) is 2.30. The number of ether oxygens (including phenoxy) is 1. The van der Waals surface area contributed by atoms with Gasteiger partial charge in [-0.2, -0.15) is 0 Å². The zero-order valence-corrected chi connectivity index (χ0v) is 11.7. The Kier molecular flexibility index (Phi) is 4.81. The highest BCUT2D eigenvalue weighted by molar-refractivity contribution is 4.93. The normalized spacial score (nSPS) is 20.8.